The topological polar surface area (TPSA) is 38.0 Å². The lowest BCUT2D eigenvalue weighted by atomic mass is 10.0. The Labute approximate surface area is 95.8 Å². The van der Waals surface area contributed by atoms with Gasteiger partial charge in [-0.15, -0.1) is 11.8 Å². The average Bonchev–Trinajstić information content (AvgIpc) is 2.26. The number of hydrazine groups is 1. The molecular weight excluding hydrogens is 208 g/mol. The van der Waals surface area contributed by atoms with E-state index in [1.165, 1.54) is 0 Å². The van der Waals surface area contributed by atoms with Gasteiger partial charge in [-0.05, 0) is 25.0 Å². The van der Waals surface area contributed by atoms with Gasteiger partial charge in [0.05, 0.1) is 0 Å². The number of rotatable bonds is 4. The maximum absolute atomic E-state index is 6.08. The zero-order valence-corrected chi connectivity index (χ0v) is 9.51. The molecule has 0 aliphatic carbocycles. The summed E-state index contributed by atoms with van der Waals surface area (Å²) in [5.74, 6) is 11.4. The summed E-state index contributed by atoms with van der Waals surface area (Å²) in [5.41, 5.74) is 3.79. The molecule has 0 aromatic heterocycles. The summed E-state index contributed by atoms with van der Waals surface area (Å²) in [4.78, 5) is 0. The van der Waals surface area contributed by atoms with Gasteiger partial charge in [0.15, 0.2) is 0 Å². The molecule has 0 aliphatic heterocycles. The molecule has 0 amide bonds. The van der Waals surface area contributed by atoms with Crippen molar-refractivity contribution in [1.82, 2.24) is 5.43 Å². The summed E-state index contributed by atoms with van der Waals surface area (Å²) in [6.07, 6.45) is 1.68. The fourth-order valence-electron chi connectivity index (χ4n) is 1.43. The van der Waals surface area contributed by atoms with E-state index in [9.17, 15) is 0 Å². The first-order valence-electron chi connectivity index (χ1n) is 4.89. The first-order valence-corrected chi connectivity index (χ1v) is 5.27. The van der Waals surface area contributed by atoms with E-state index in [0.29, 0.717) is 0 Å². The van der Waals surface area contributed by atoms with Crippen molar-refractivity contribution in [2.45, 2.75) is 25.8 Å². The molecule has 1 aromatic carbocycles. The van der Waals surface area contributed by atoms with Crippen molar-refractivity contribution in [2.24, 2.45) is 5.84 Å². The molecule has 0 radical (unpaired) electrons. The van der Waals surface area contributed by atoms with Crippen LogP contribution in [0.3, 0.4) is 0 Å². The minimum absolute atomic E-state index is 0.0690. The second kappa shape index (κ2) is 6.47. The van der Waals surface area contributed by atoms with Crippen molar-refractivity contribution in [3.05, 3.63) is 34.9 Å². The molecule has 1 unspecified atom stereocenters. The molecule has 0 heterocycles. The highest BCUT2D eigenvalue weighted by molar-refractivity contribution is 6.31. The lowest BCUT2D eigenvalue weighted by Gasteiger charge is -2.16. The third-order valence-corrected chi connectivity index (χ3v) is 2.56. The van der Waals surface area contributed by atoms with Crippen LogP contribution in [0.4, 0.5) is 0 Å². The van der Waals surface area contributed by atoms with E-state index in [4.69, 9.17) is 17.4 Å². The molecule has 0 saturated carbocycles. The van der Waals surface area contributed by atoms with Crippen LogP contribution in [0.1, 0.15) is 31.4 Å². The SMILES string of the molecule is CC#CCCC(NN)c1ccccc1Cl. The van der Waals surface area contributed by atoms with Gasteiger partial charge >= 0.3 is 0 Å². The fourth-order valence-corrected chi connectivity index (χ4v) is 1.70. The van der Waals surface area contributed by atoms with Gasteiger partial charge in [-0.2, -0.15) is 0 Å². The van der Waals surface area contributed by atoms with Gasteiger partial charge in [-0.3, -0.25) is 11.3 Å². The van der Waals surface area contributed by atoms with Crippen LogP contribution in [0.15, 0.2) is 24.3 Å². The van der Waals surface area contributed by atoms with Crippen LogP contribution in [-0.2, 0) is 0 Å². The number of nitrogens with two attached hydrogens (primary N) is 1. The lowest BCUT2D eigenvalue weighted by Crippen LogP contribution is -2.28. The van der Waals surface area contributed by atoms with Crippen molar-refractivity contribution >= 4 is 11.6 Å². The molecule has 80 valence electrons. The maximum Gasteiger partial charge on any atom is 0.0483 e. The molecule has 1 aromatic rings. The van der Waals surface area contributed by atoms with Crippen LogP contribution in [0.5, 0.6) is 0 Å². The van der Waals surface area contributed by atoms with Crippen LogP contribution in [0.2, 0.25) is 5.02 Å². The van der Waals surface area contributed by atoms with E-state index in [-0.39, 0.29) is 6.04 Å². The molecule has 1 rings (SSSR count). The van der Waals surface area contributed by atoms with Gasteiger partial charge in [-0.25, -0.2) is 0 Å². The predicted octanol–water partition coefficient (Wildman–Crippen LogP) is 2.65. The van der Waals surface area contributed by atoms with E-state index >= 15 is 0 Å². The molecule has 15 heavy (non-hydrogen) atoms. The normalized spacial score (nSPS) is 11.7. The Morgan fingerprint density at radius 1 is 1.47 bits per heavy atom. The van der Waals surface area contributed by atoms with E-state index < -0.39 is 0 Å². The van der Waals surface area contributed by atoms with Crippen molar-refractivity contribution < 1.29 is 0 Å². The zero-order chi connectivity index (χ0) is 11.1. The van der Waals surface area contributed by atoms with Crippen LogP contribution >= 0.6 is 11.6 Å². The first kappa shape index (κ1) is 12.1. The lowest BCUT2D eigenvalue weighted by molar-refractivity contribution is 0.524. The van der Waals surface area contributed by atoms with Gasteiger partial charge in [0.2, 0.25) is 0 Å². The summed E-state index contributed by atoms with van der Waals surface area (Å²) in [6, 6.07) is 7.78. The minimum Gasteiger partial charge on any atom is -0.271 e. The molecule has 2 nitrogen and oxygen atoms in total. The Balaban J connectivity index is 2.72. The molecule has 0 aliphatic rings. The number of benzene rings is 1. The molecule has 0 fully saturated rings. The number of halogens is 1. The Morgan fingerprint density at radius 3 is 2.80 bits per heavy atom. The van der Waals surface area contributed by atoms with E-state index in [0.717, 1.165) is 23.4 Å². The highest BCUT2D eigenvalue weighted by Gasteiger charge is 2.11. The third kappa shape index (κ3) is 3.56. The highest BCUT2D eigenvalue weighted by atomic mass is 35.5. The van der Waals surface area contributed by atoms with Crippen molar-refractivity contribution in [1.29, 1.82) is 0 Å². The molecule has 3 heteroatoms. The average molecular weight is 223 g/mol. The zero-order valence-electron chi connectivity index (χ0n) is 8.76. The summed E-state index contributed by atoms with van der Waals surface area (Å²) in [7, 11) is 0. The van der Waals surface area contributed by atoms with Crippen molar-refractivity contribution in [2.75, 3.05) is 0 Å². The largest absolute Gasteiger partial charge is 0.271 e. The van der Waals surface area contributed by atoms with Gasteiger partial charge in [0.1, 0.15) is 0 Å². The molecule has 0 bridgehead atoms. The molecular formula is C12H15ClN2. The Kier molecular flexibility index (Phi) is 5.20. The summed E-state index contributed by atoms with van der Waals surface area (Å²) >= 11 is 6.08. The summed E-state index contributed by atoms with van der Waals surface area (Å²) < 4.78 is 0. The monoisotopic (exact) mass is 222 g/mol. The van der Waals surface area contributed by atoms with Gasteiger partial charge in [-0.1, -0.05) is 29.8 Å². The minimum atomic E-state index is 0.0690. The number of hydrogen-bond acceptors (Lipinski definition) is 2. The van der Waals surface area contributed by atoms with E-state index in [2.05, 4.69) is 17.3 Å². The highest BCUT2D eigenvalue weighted by Crippen LogP contribution is 2.24. The molecule has 3 N–H and O–H groups in total. The standard InChI is InChI=1S/C12H15ClN2/c1-2-3-4-9-12(15-14)10-7-5-6-8-11(10)13/h5-8,12,15H,4,9,14H2,1H3. The van der Waals surface area contributed by atoms with Crippen LogP contribution in [0, 0.1) is 11.8 Å². The smallest absolute Gasteiger partial charge is 0.0483 e. The van der Waals surface area contributed by atoms with E-state index in [1.54, 1.807) is 0 Å². The quantitative estimate of drug-likeness (QED) is 0.467. The van der Waals surface area contributed by atoms with Gasteiger partial charge in [0.25, 0.3) is 0 Å². The van der Waals surface area contributed by atoms with Crippen LogP contribution in [-0.4, -0.2) is 0 Å². The summed E-state index contributed by atoms with van der Waals surface area (Å²) in [6.45, 7) is 1.83. The fraction of sp³-hybridized carbons (Fsp3) is 0.333. The van der Waals surface area contributed by atoms with E-state index in [1.807, 2.05) is 31.2 Å². The Hall–Kier alpha value is -1.01. The number of hydrogen-bond donors (Lipinski definition) is 2. The first-order chi connectivity index (χ1) is 7.29. The number of nitrogens with one attached hydrogen (secondary N) is 1. The third-order valence-electron chi connectivity index (χ3n) is 2.22. The second-order valence-corrected chi connectivity index (χ2v) is 3.61. The molecule has 0 saturated heterocycles. The van der Waals surface area contributed by atoms with Crippen molar-refractivity contribution in [3.63, 3.8) is 0 Å². The molecule has 0 spiro atoms. The van der Waals surface area contributed by atoms with Crippen LogP contribution < -0.4 is 11.3 Å². The van der Waals surface area contributed by atoms with Crippen molar-refractivity contribution in [3.8, 4) is 11.8 Å². The van der Waals surface area contributed by atoms with Gasteiger partial charge < -0.3 is 0 Å². The maximum atomic E-state index is 6.08. The van der Waals surface area contributed by atoms with Crippen LogP contribution in [0.25, 0.3) is 0 Å². The Bertz CT molecular complexity index is 365. The summed E-state index contributed by atoms with van der Waals surface area (Å²) in [5, 5.41) is 0.741. The van der Waals surface area contributed by atoms with Gasteiger partial charge in [0, 0.05) is 17.5 Å². The predicted molar refractivity (Wildman–Crippen MR) is 64.2 cm³/mol. The second-order valence-electron chi connectivity index (χ2n) is 3.21. The Morgan fingerprint density at radius 2 is 2.20 bits per heavy atom. The molecule has 1 atom stereocenters.